The van der Waals surface area contributed by atoms with E-state index >= 15 is 0 Å². The fourth-order valence-electron chi connectivity index (χ4n) is 10.0. The molecule has 0 saturated carbocycles. The van der Waals surface area contributed by atoms with E-state index in [9.17, 15) is 47.9 Å². The van der Waals surface area contributed by atoms with Gasteiger partial charge < -0.3 is 51.4 Å². The maximum atomic E-state index is 14.6. The molecule has 1 aliphatic heterocycles. The van der Waals surface area contributed by atoms with Crippen LogP contribution in [0.25, 0.3) is 0 Å². The second-order valence-corrected chi connectivity index (χ2v) is 25.1. The maximum Gasteiger partial charge on any atom is 0.328 e. The summed E-state index contributed by atoms with van der Waals surface area (Å²) in [5, 5.41) is 19.3. The summed E-state index contributed by atoms with van der Waals surface area (Å²) in [7, 11) is 0. The first kappa shape index (κ1) is 73.4. The third-order valence-electron chi connectivity index (χ3n) is 14.7. The summed E-state index contributed by atoms with van der Waals surface area (Å²) in [6.07, 6.45) is 6.94. The fourth-order valence-corrected chi connectivity index (χ4v) is 10.0. The van der Waals surface area contributed by atoms with Gasteiger partial charge in [-0.3, -0.25) is 43.2 Å². The van der Waals surface area contributed by atoms with E-state index in [-0.39, 0.29) is 81.8 Å². The summed E-state index contributed by atoms with van der Waals surface area (Å²) < 4.78 is 17.3. The Labute approximate surface area is 511 Å². The number of hydrogen-bond acceptors (Lipinski definition) is 13. The van der Waals surface area contributed by atoms with Gasteiger partial charge in [-0.15, -0.1) is 0 Å². The zero-order valence-corrected chi connectivity index (χ0v) is 53.2. The Kier molecular flexibility index (Phi) is 33.9. The van der Waals surface area contributed by atoms with Crippen LogP contribution in [0.1, 0.15) is 203 Å². The van der Waals surface area contributed by atoms with Crippen LogP contribution < -0.4 is 37.2 Å². The van der Waals surface area contributed by atoms with Crippen molar-refractivity contribution in [3.63, 3.8) is 0 Å². The van der Waals surface area contributed by atoms with Crippen molar-refractivity contribution < 1.29 is 62.2 Å². The lowest BCUT2D eigenvalue weighted by Gasteiger charge is -2.30. The highest BCUT2D eigenvalue weighted by Gasteiger charge is 2.38. The summed E-state index contributed by atoms with van der Waals surface area (Å²) in [6, 6.07) is 8.41. The highest BCUT2D eigenvalue weighted by atomic mass is 16.5. The van der Waals surface area contributed by atoms with Crippen LogP contribution in [0.3, 0.4) is 0 Å². The van der Waals surface area contributed by atoms with Crippen LogP contribution in [-0.2, 0) is 75.4 Å². The topological polar surface area (TPSA) is 283 Å². The molecule has 2 aromatic carbocycles. The van der Waals surface area contributed by atoms with Crippen molar-refractivity contribution in [3.8, 4) is 0 Å². The van der Waals surface area contributed by atoms with Gasteiger partial charge in [0.2, 0.25) is 41.4 Å². The van der Waals surface area contributed by atoms with Gasteiger partial charge >= 0.3 is 17.9 Å². The van der Waals surface area contributed by atoms with Crippen molar-refractivity contribution in [3.05, 3.63) is 71.8 Å². The van der Waals surface area contributed by atoms with E-state index in [2.05, 4.69) is 44.1 Å². The highest BCUT2D eigenvalue weighted by molar-refractivity contribution is 5.98. The molecule has 0 aliphatic carbocycles. The first-order chi connectivity index (χ1) is 40.8. The number of carbonyl (C=O) groups excluding carboxylic acids is 10. The predicted molar refractivity (Wildman–Crippen MR) is 329 cm³/mol. The number of unbranched alkanes of at least 4 members (excludes halogenated alkanes) is 8. The zero-order chi connectivity index (χ0) is 63.7. The minimum atomic E-state index is -1.64. The quantitative estimate of drug-likeness (QED) is 0.0241. The third kappa shape index (κ3) is 29.5. The van der Waals surface area contributed by atoms with Gasteiger partial charge in [0.1, 0.15) is 61.6 Å². The number of ether oxygens (including phenoxy) is 3. The molecule has 8 atom stereocenters. The normalized spacial score (nSPS) is 22.0. The Morgan fingerprint density at radius 1 is 0.453 bits per heavy atom. The minimum Gasteiger partial charge on any atom is -0.461 e. The molecule has 1 aliphatic rings. The number of carbonyl (C=O) groups is 10. The Bertz CT molecular complexity index is 2440. The second kappa shape index (κ2) is 39.8. The zero-order valence-electron chi connectivity index (χ0n) is 53.2. The SMILES string of the molecule is CCCCCCCCCCC[C@H]1CC(=O)N[C@@H](CCC(=O)OCc2ccccc2)C(=O)N[C@@H](CC(C)C)C(=O)N[C@H](CC(C)C)C(=O)N[C@@H](C(C)C)C(=O)N[C@@H](CC(=O)OCc2ccccc2)C(=O)N[C@H](CC(C)C)C(=O)N[C@@H](CC(C)C)C(=O)O1. The Hall–Kier alpha value is -6.86. The molecule has 480 valence electrons. The number of nitrogens with one attached hydrogen (secondary N) is 7. The van der Waals surface area contributed by atoms with Crippen molar-refractivity contribution in [1.29, 1.82) is 0 Å². The number of amides is 7. The van der Waals surface area contributed by atoms with Gasteiger partial charge in [0, 0.05) is 6.42 Å². The molecule has 7 N–H and O–H groups in total. The van der Waals surface area contributed by atoms with Gasteiger partial charge in [-0.2, -0.15) is 0 Å². The molecule has 1 fully saturated rings. The van der Waals surface area contributed by atoms with Crippen molar-refractivity contribution in [1.82, 2.24) is 37.2 Å². The van der Waals surface area contributed by atoms with Gasteiger partial charge in [0.25, 0.3) is 0 Å². The molecule has 0 bridgehead atoms. The van der Waals surface area contributed by atoms with Crippen molar-refractivity contribution in [2.75, 3.05) is 0 Å². The summed E-state index contributed by atoms with van der Waals surface area (Å²) in [4.78, 5) is 143. The molecule has 0 radical (unpaired) electrons. The maximum absolute atomic E-state index is 14.6. The average molecular weight is 1200 g/mol. The van der Waals surface area contributed by atoms with Gasteiger partial charge in [0.05, 0.1) is 12.8 Å². The van der Waals surface area contributed by atoms with E-state index in [4.69, 9.17) is 14.2 Å². The number of hydrogen-bond donors (Lipinski definition) is 7. The molecule has 0 spiro atoms. The number of cyclic esters (lactones) is 1. The average Bonchev–Trinajstić information content (AvgIpc) is 3.27. The summed E-state index contributed by atoms with van der Waals surface area (Å²) in [6.45, 7) is 20.0. The van der Waals surface area contributed by atoms with Crippen LogP contribution >= 0.6 is 0 Å². The largest absolute Gasteiger partial charge is 0.461 e. The first-order valence-electron chi connectivity index (χ1n) is 31.6. The van der Waals surface area contributed by atoms with E-state index < -0.39 is 126 Å². The molecule has 0 unspecified atom stereocenters. The Balaban J connectivity index is 2.18. The van der Waals surface area contributed by atoms with Crippen molar-refractivity contribution in [2.24, 2.45) is 29.6 Å². The fraction of sp³-hybridized carbons (Fsp3) is 0.667. The van der Waals surface area contributed by atoms with Crippen LogP contribution in [0.2, 0.25) is 0 Å². The summed E-state index contributed by atoms with van der Waals surface area (Å²) >= 11 is 0. The molecule has 1 heterocycles. The number of rotatable bonds is 28. The monoisotopic (exact) mass is 1200 g/mol. The molecular weight excluding hydrogens is 1100 g/mol. The van der Waals surface area contributed by atoms with E-state index in [1.807, 2.05) is 61.5 Å². The molecule has 86 heavy (non-hydrogen) atoms. The van der Waals surface area contributed by atoms with Crippen LogP contribution in [0.4, 0.5) is 0 Å². The minimum absolute atomic E-state index is 0.0308. The molecule has 3 rings (SSSR count). The van der Waals surface area contributed by atoms with Crippen LogP contribution in [-0.4, -0.2) is 108 Å². The Morgan fingerprint density at radius 3 is 1.31 bits per heavy atom. The van der Waals surface area contributed by atoms with Gasteiger partial charge in [-0.1, -0.05) is 188 Å². The predicted octanol–water partition coefficient (Wildman–Crippen LogP) is 8.11. The summed E-state index contributed by atoms with van der Waals surface area (Å²) in [5.41, 5.74) is 1.41. The van der Waals surface area contributed by atoms with E-state index in [0.29, 0.717) is 12.0 Å². The Morgan fingerprint density at radius 2 is 0.849 bits per heavy atom. The molecule has 1 saturated heterocycles. The molecular formula is C66H103N7O13. The van der Waals surface area contributed by atoms with E-state index in [0.717, 1.165) is 44.1 Å². The third-order valence-corrected chi connectivity index (χ3v) is 14.7. The van der Waals surface area contributed by atoms with Crippen molar-refractivity contribution >= 4 is 59.3 Å². The second-order valence-electron chi connectivity index (χ2n) is 25.1. The highest BCUT2D eigenvalue weighted by Crippen LogP contribution is 2.20. The van der Waals surface area contributed by atoms with Crippen LogP contribution in [0, 0.1) is 29.6 Å². The van der Waals surface area contributed by atoms with Crippen LogP contribution in [0.15, 0.2) is 60.7 Å². The van der Waals surface area contributed by atoms with Gasteiger partial charge in [-0.25, -0.2) is 4.79 Å². The molecule has 2 aromatic rings. The number of benzene rings is 2. The van der Waals surface area contributed by atoms with E-state index in [1.54, 1.807) is 68.4 Å². The van der Waals surface area contributed by atoms with Gasteiger partial charge in [0.15, 0.2) is 0 Å². The summed E-state index contributed by atoms with van der Waals surface area (Å²) in [5.74, 6) is -9.17. The van der Waals surface area contributed by atoms with Crippen molar-refractivity contribution in [2.45, 2.75) is 253 Å². The molecule has 20 nitrogen and oxygen atoms in total. The molecule has 0 aromatic heterocycles. The lowest BCUT2D eigenvalue weighted by molar-refractivity contribution is -0.155. The standard InChI is InChI=1S/C66H103N7O13/c1-12-13-14-15-16-17-18-19-26-31-49-38-56(74)67-50(32-33-57(75)84-40-47-27-22-20-23-28-47)60(77)68-51(34-42(2)3)61(78)70-53(36-44(6)7)64(81)73-59(46(10)11)65(82)71-54(39-58(76)85-41-48-29-24-21-25-30-48)63(80)69-52(35-43(4)5)62(79)72-55(37-45(8)9)66(83)86-49/h20-25,27-30,42-46,49-55,59H,12-19,26,31-41H2,1-11H3,(H,67,74)(H,68,77)(H,69,80)(H,70,78)(H,71,82)(H,72,79)(H,73,81)/t49-,50-,51-,52+,53+,54-,55-,59-/m0/s1. The van der Waals surface area contributed by atoms with Crippen LogP contribution in [0.5, 0.6) is 0 Å². The van der Waals surface area contributed by atoms with E-state index in [1.165, 1.54) is 12.8 Å². The molecule has 7 amide bonds. The smallest absolute Gasteiger partial charge is 0.328 e. The number of esters is 3. The lowest BCUT2D eigenvalue weighted by Crippen LogP contribution is -2.61. The van der Waals surface area contributed by atoms with Gasteiger partial charge in [-0.05, 0) is 85.7 Å². The molecule has 20 heteroatoms. The lowest BCUT2D eigenvalue weighted by atomic mass is 9.98. The first-order valence-corrected chi connectivity index (χ1v) is 31.6.